The Hall–Kier alpha value is -1.22. The van der Waals surface area contributed by atoms with E-state index in [1.165, 1.54) is 0 Å². The van der Waals surface area contributed by atoms with Crippen LogP contribution in [0.25, 0.3) is 0 Å². The molecule has 0 radical (unpaired) electrons. The zero-order valence-corrected chi connectivity index (χ0v) is 7.58. The van der Waals surface area contributed by atoms with Crippen LogP contribution in [-0.4, -0.2) is 18.8 Å². The van der Waals surface area contributed by atoms with Gasteiger partial charge in [0.2, 0.25) is 0 Å². The normalized spacial score (nSPS) is 20.3. The Balaban J connectivity index is 2.39. The van der Waals surface area contributed by atoms with E-state index < -0.39 is 0 Å². The maximum atomic E-state index is 9.62. The number of hydrogen-bond acceptors (Lipinski definition) is 3. The van der Waals surface area contributed by atoms with Gasteiger partial charge >= 0.3 is 0 Å². The molecule has 0 saturated heterocycles. The van der Waals surface area contributed by atoms with Crippen molar-refractivity contribution < 1.29 is 9.84 Å². The van der Waals surface area contributed by atoms with Gasteiger partial charge in [0.15, 0.2) is 0 Å². The SMILES string of the molecule is CNc1ccc2c(c1)OCC[C@H]2O. The first-order chi connectivity index (χ1) is 6.31. The summed E-state index contributed by atoms with van der Waals surface area (Å²) >= 11 is 0. The molecule has 13 heavy (non-hydrogen) atoms. The van der Waals surface area contributed by atoms with Gasteiger partial charge in [0.25, 0.3) is 0 Å². The Labute approximate surface area is 77.3 Å². The summed E-state index contributed by atoms with van der Waals surface area (Å²) in [6, 6.07) is 5.76. The smallest absolute Gasteiger partial charge is 0.127 e. The van der Waals surface area contributed by atoms with Crippen LogP contribution in [0.3, 0.4) is 0 Å². The van der Waals surface area contributed by atoms with Crippen molar-refractivity contribution >= 4 is 5.69 Å². The van der Waals surface area contributed by atoms with E-state index in [1.54, 1.807) is 0 Å². The third-order valence-electron chi connectivity index (χ3n) is 2.31. The van der Waals surface area contributed by atoms with Crippen molar-refractivity contribution in [1.82, 2.24) is 0 Å². The van der Waals surface area contributed by atoms with Crippen molar-refractivity contribution in [1.29, 1.82) is 0 Å². The van der Waals surface area contributed by atoms with Crippen LogP contribution in [0.5, 0.6) is 5.75 Å². The monoisotopic (exact) mass is 179 g/mol. The molecule has 3 heteroatoms. The molecule has 0 bridgehead atoms. The number of hydrogen-bond donors (Lipinski definition) is 2. The van der Waals surface area contributed by atoms with Gasteiger partial charge in [-0.1, -0.05) is 6.07 Å². The molecule has 0 spiro atoms. The van der Waals surface area contributed by atoms with Crippen molar-refractivity contribution in [3.8, 4) is 5.75 Å². The average molecular weight is 179 g/mol. The Morgan fingerprint density at radius 1 is 1.54 bits per heavy atom. The van der Waals surface area contributed by atoms with Crippen molar-refractivity contribution in [2.75, 3.05) is 19.0 Å². The number of nitrogens with one attached hydrogen (secondary N) is 1. The van der Waals surface area contributed by atoms with E-state index >= 15 is 0 Å². The molecule has 0 aromatic heterocycles. The fraction of sp³-hybridized carbons (Fsp3) is 0.400. The molecule has 1 heterocycles. The lowest BCUT2D eigenvalue weighted by Gasteiger charge is -2.22. The minimum Gasteiger partial charge on any atom is -0.493 e. The van der Waals surface area contributed by atoms with E-state index in [9.17, 15) is 5.11 Å². The second kappa shape index (κ2) is 3.26. The summed E-state index contributed by atoms with van der Waals surface area (Å²) in [7, 11) is 1.86. The first kappa shape index (κ1) is 8.38. The van der Waals surface area contributed by atoms with Crippen LogP contribution in [0.1, 0.15) is 18.1 Å². The predicted octanol–water partition coefficient (Wildman–Crippen LogP) is 1.54. The zero-order valence-electron chi connectivity index (χ0n) is 7.58. The predicted molar refractivity (Wildman–Crippen MR) is 51.1 cm³/mol. The molecule has 0 unspecified atom stereocenters. The van der Waals surface area contributed by atoms with Crippen molar-refractivity contribution in [2.45, 2.75) is 12.5 Å². The molecule has 1 aliphatic heterocycles. The molecule has 70 valence electrons. The van der Waals surface area contributed by atoms with Crippen molar-refractivity contribution in [3.05, 3.63) is 23.8 Å². The molecule has 0 amide bonds. The third-order valence-corrected chi connectivity index (χ3v) is 2.31. The van der Waals surface area contributed by atoms with E-state index in [2.05, 4.69) is 5.32 Å². The van der Waals surface area contributed by atoms with Crippen LogP contribution in [-0.2, 0) is 0 Å². The highest BCUT2D eigenvalue weighted by molar-refractivity contribution is 5.52. The van der Waals surface area contributed by atoms with Gasteiger partial charge in [-0.3, -0.25) is 0 Å². The fourth-order valence-electron chi connectivity index (χ4n) is 1.53. The van der Waals surface area contributed by atoms with Crippen LogP contribution in [0.15, 0.2) is 18.2 Å². The summed E-state index contributed by atoms with van der Waals surface area (Å²) in [4.78, 5) is 0. The van der Waals surface area contributed by atoms with Crippen molar-refractivity contribution in [2.24, 2.45) is 0 Å². The van der Waals surface area contributed by atoms with Crippen LogP contribution in [0.4, 0.5) is 5.69 Å². The number of rotatable bonds is 1. The summed E-state index contributed by atoms with van der Waals surface area (Å²) in [6.07, 6.45) is 0.320. The minimum absolute atomic E-state index is 0.366. The number of ether oxygens (including phenoxy) is 1. The summed E-state index contributed by atoms with van der Waals surface area (Å²) in [5.41, 5.74) is 1.90. The van der Waals surface area contributed by atoms with Gasteiger partial charge in [-0.05, 0) is 6.07 Å². The second-order valence-electron chi connectivity index (χ2n) is 3.16. The first-order valence-corrected chi connectivity index (χ1v) is 4.44. The van der Waals surface area contributed by atoms with Gasteiger partial charge in [-0.25, -0.2) is 0 Å². The van der Waals surface area contributed by atoms with Gasteiger partial charge in [0.05, 0.1) is 12.7 Å². The molecule has 2 N–H and O–H groups in total. The quantitative estimate of drug-likeness (QED) is 0.687. The summed E-state index contributed by atoms with van der Waals surface area (Å²) < 4.78 is 5.44. The molecule has 0 fully saturated rings. The molecule has 0 saturated carbocycles. The van der Waals surface area contributed by atoms with E-state index in [4.69, 9.17) is 4.74 Å². The van der Waals surface area contributed by atoms with Crippen LogP contribution in [0, 0.1) is 0 Å². The third kappa shape index (κ3) is 1.47. The van der Waals surface area contributed by atoms with Crippen molar-refractivity contribution in [3.63, 3.8) is 0 Å². The zero-order chi connectivity index (χ0) is 9.26. The van der Waals surface area contributed by atoms with Gasteiger partial charge in [0, 0.05) is 30.8 Å². The molecule has 3 nitrogen and oxygen atoms in total. The van der Waals surface area contributed by atoms with E-state index in [0.717, 1.165) is 17.0 Å². The van der Waals surface area contributed by atoms with Crippen LogP contribution in [0.2, 0.25) is 0 Å². The first-order valence-electron chi connectivity index (χ1n) is 4.44. The number of aliphatic hydroxyl groups excluding tert-OH is 1. The number of benzene rings is 1. The molecule has 1 aromatic rings. The summed E-state index contributed by atoms with van der Waals surface area (Å²) in [5, 5.41) is 12.7. The minimum atomic E-state index is -0.366. The number of aliphatic hydroxyl groups is 1. The lowest BCUT2D eigenvalue weighted by Crippen LogP contribution is -2.13. The summed E-state index contributed by atoms with van der Waals surface area (Å²) in [6.45, 7) is 0.599. The second-order valence-corrected chi connectivity index (χ2v) is 3.16. The number of anilines is 1. The van der Waals surface area contributed by atoms with Crippen LogP contribution >= 0.6 is 0 Å². The Morgan fingerprint density at radius 3 is 3.15 bits per heavy atom. The Kier molecular flexibility index (Phi) is 2.10. The Bertz CT molecular complexity index is 312. The highest BCUT2D eigenvalue weighted by Gasteiger charge is 2.18. The standard InChI is InChI=1S/C10H13NO2/c1-11-7-2-3-8-9(12)4-5-13-10(8)6-7/h2-3,6,9,11-12H,4-5H2,1H3/t9-/m1/s1. The molecule has 1 atom stereocenters. The molecule has 0 aliphatic carbocycles. The fourth-order valence-corrected chi connectivity index (χ4v) is 1.53. The molecular formula is C10H13NO2. The molecule has 1 aromatic carbocycles. The maximum Gasteiger partial charge on any atom is 0.127 e. The molecular weight excluding hydrogens is 166 g/mol. The largest absolute Gasteiger partial charge is 0.493 e. The highest BCUT2D eigenvalue weighted by Crippen LogP contribution is 2.33. The maximum absolute atomic E-state index is 9.62. The summed E-state index contributed by atoms with van der Waals surface area (Å²) in [5.74, 6) is 0.797. The van der Waals surface area contributed by atoms with Gasteiger partial charge in [-0.2, -0.15) is 0 Å². The highest BCUT2D eigenvalue weighted by atomic mass is 16.5. The van der Waals surface area contributed by atoms with Gasteiger partial charge in [-0.15, -0.1) is 0 Å². The molecule has 1 aliphatic rings. The van der Waals surface area contributed by atoms with Crippen LogP contribution < -0.4 is 10.1 Å². The lowest BCUT2D eigenvalue weighted by atomic mass is 10.0. The van der Waals surface area contributed by atoms with Gasteiger partial charge in [0.1, 0.15) is 5.75 Å². The lowest BCUT2D eigenvalue weighted by molar-refractivity contribution is 0.115. The van der Waals surface area contributed by atoms with E-state index in [1.807, 2.05) is 25.2 Å². The topological polar surface area (TPSA) is 41.5 Å². The Morgan fingerprint density at radius 2 is 2.38 bits per heavy atom. The van der Waals surface area contributed by atoms with E-state index in [-0.39, 0.29) is 6.10 Å². The van der Waals surface area contributed by atoms with E-state index in [0.29, 0.717) is 13.0 Å². The van der Waals surface area contributed by atoms with Gasteiger partial charge < -0.3 is 15.2 Å². The average Bonchev–Trinajstić information content (AvgIpc) is 2.18. The molecule has 2 rings (SSSR count). The number of fused-ring (bicyclic) bond motifs is 1.